The van der Waals surface area contributed by atoms with Gasteiger partial charge >= 0.3 is 0 Å². The van der Waals surface area contributed by atoms with Crippen LogP contribution in [0.4, 0.5) is 0 Å². The van der Waals surface area contributed by atoms with Gasteiger partial charge in [-0.2, -0.15) is 4.98 Å². The van der Waals surface area contributed by atoms with Crippen LogP contribution in [0.5, 0.6) is 5.88 Å². The third kappa shape index (κ3) is 4.93. The second-order valence-electron chi connectivity index (χ2n) is 4.49. The monoisotopic (exact) mass is 236 g/mol. The van der Waals surface area contributed by atoms with Crippen molar-refractivity contribution in [1.29, 1.82) is 0 Å². The molecule has 1 heterocycles. The Morgan fingerprint density at radius 1 is 1.41 bits per heavy atom. The van der Waals surface area contributed by atoms with Gasteiger partial charge in [-0.05, 0) is 19.8 Å². The lowest BCUT2D eigenvalue weighted by atomic mass is 10.0. The normalized spacial score (nSPS) is 10.6. The smallest absolute Gasteiger partial charge is 0.216 e. The fraction of sp³-hybridized carbons (Fsp3) is 0.615. The highest BCUT2D eigenvalue weighted by molar-refractivity contribution is 5.80. The van der Waals surface area contributed by atoms with Crippen LogP contribution >= 0.6 is 0 Å². The zero-order valence-electron chi connectivity index (χ0n) is 11.0. The molecule has 0 N–H and O–H groups in total. The van der Waals surface area contributed by atoms with E-state index in [9.17, 15) is 4.79 Å². The summed E-state index contributed by atoms with van der Waals surface area (Å²) in [6, 6.07) is 1.74. The number of aromatic nitrogens is 2. The van der Waals surface area contributed by atoms with Crippen molar-refractivity contribution in [2.24, 2.45) is 5.92 Å². The Labute approximate surface area is 102 Å². The van der Waals surface area contributed by atoms with Gasteiger partial charge in [0.2, 0.25) is 5.88 Å². The van der Waals surface area contributed by atoms with Crippen molar-refractivity contribution in [3.63, 3.8) is 0 Å². The minimum Gasteiger partial charge on any atom is -0.478 e. The minimum absolute atomic E-state index is 0.209. The fourth-order valence-electron chi connectivity index (χ4n) is 1.64. The van der Waals surface area contributed by atoms with Gasteiger partial charge in [-0.25, -0.2) is 4.98 Å². The molecule has 0 unspecified atom stereocenters. The summed E-state index contributed by atoms with van der Waals surface area (Å²) in [6.07, 6.45) is 0.953. The van der Waals surface area contributed by atoms with E-state index in [0.717, 1.165) is 5.69 Å². The van der Waals surface area contributed by atoms with Crippen molar-refractivity contribution in [3.8, 4) is 5.88 Å². The third-order valence-electron chi connectivity index (χ3n) is 2.17. The number of Topliss-reactive ketones (excluding diaryl/α,β-unsaturated/α-hetero) is 1. The van der Waals surface area contributed by atoms with E-state index in [-0.39, 0.29) is 5.78 Å². The zero-order chi connectivity index (χ0) is 12.8. The molecule has 0 amide bonds. The lowest BCUT2D eigenvalue weighted by Gasteiger charge is -2.07. The van der Waals surface area contributed by atoms with E-state index < -0.39 is 0 Å². The molecule has 0 aliphatic heterocycles. The summed E-state index contributed by atoms with van der Waals surface area (Å²) in [5.41, 5.74) is 0.742. The van der Waals surface area contributed by atoms with Crippen LogP contribution in [0.25, 0.3) is 0 Å². The molecule has 4 heteroatoms. The summed E-state index contributed by atoms with van der Waals surface area (Å²) < 4.78 is 5.33. The molecule has 0 aliphatic carbocycles. The number of hydrogen-bond donors (Lipinski definition) is 0. The molecule has 0 saturated carbocycles. The quantitative estimate of drug-likeness (QED) is 0.760. The standard InChI is InChI=1S/C13H20N2O2/c1-5-17-13-8-11(14-10(4)15-13)7-12(16)6-9(2)3/h8-9H,5-7H2,1-4H3. The Kier molecular flexibility index (Phi) is 5.07. The molecular weight excluding hydrogens is 216 g/mol. The molecule has 1 aromatic heterocycles. The van der Waals surface area contributed by atoms with Gasteiger partial charge in [0, 0.05) is 18.9 Å². The summed E-state index contributed by atoms with van der Waals surface area (Å²) in [4.78, 5) is 20.1. The summed E-state index contributed by atoms with van der Waals surface area (Å²) in [5.74, 6) is 1.79. The first-order valence-corrected chi connectivity index (χ1v) is 6.00. The summed E-state index contributed by atoms with van der Waals surface area (Å²) in [7, 11) is 0. The first kappa shape index (κ1) is 13.6. The molecule has 94 valence electrons. The maximum atomic E-state index is 11.7. The Balaban J connectivity index is 2.73. The SMILES string of the molecule is CCOc1cc(CC(=O)CC(C)C)nc(C)n1. The number of rotatable bonds is 6. The Morgan fingerprint density at radius 2 is 2.12 bits per heavy atom. The van der Waals surface area contributed by atoms with Crippen molar-refractivity contribution >= 4 is 5.78 Å². The molecule has 1 rings (SSSR count). The molecule has 0 radical (unpaired) electrons. The number of aryl methyl sites for hydroxylation is 1. The van der Waals surface area contributed by atoms with Crippen molar-refractivity contribution in [2.45, 2.75) is 40.5 Å². The average Bonchev–Trinajstić information content (AvgIpc) is 2.14. The first-order valence-electron chi connectivity index (χ1n) is 6.00. The van der Waals surface area contributed by atoms with Crippen LogP contribution in [0.2, 0.25) is 0 Å². The molecule has 0 bridgehead atoms. The van der Waals surface area contributed by atoms with Crippen LogP contribution in [-0.4, -0.2) is 22.4 Å². The number of hydrogen-bond acceptors (Lipinski definition) is 4. The van der Waals surface area contributed by atoms with Gasteiger partial charge in [-0.15, -0.1) is 0 Å². The van der Waals surface area contributed by atoms with Crippen LogP contribution in [0.15, 0.2) is 6.07 Å². The second-order valence-corrected chi connectivity index (χ2v) is 4.49. The molecule has 0 saturated heterocycles. The van der Waals surface area contributed by atoms with E-state index in [1.165, 1.54) is 0 Å². The summed E-state index contributed by atoms with van der Waals surface area (Å²) in [6.45, 7) is 8.35. The lowest BCUT2D eigenvalue weighted by Crippen LogP contribution is -2.09. The highest BCUT2D eigenvalue weighted by Crippen LogP contribution is 2.11. The molecule has 0 aliphatic rings. The van der Waals surface area contributed by atoms with Gasteiger partial charge in [0.1, 0.15) is 11.6 Å². The van der Waals surface area contributed by atoms with Crippen LogP contribution in [0.1, 0.15) is 38.7 Å². The highest BCUT2D eigenvalue weighted by atomic mass is 16.5. The van der Waals surface area contributed by atoms with Crippen LogP contribution in [0.3, 0.4) is 0 Å². The average molecular weight is 236 g/mol. The van der Waals surface area contributed by atoms with Gasteiger partial charge in [0.25, 0.3) is 0 Å². The number of carbonyl (C=O) groups excluding carboxylic acids is 1. The molecule has 17 heavy (non-hydrogen) atoms. The van der Waals surface area contributed by atoms with E-state index >= 15 is 0 Å². The van der Waals surface area contributed by atoms with Crippen molar-refractivity contribution in [2.75, 3.05) is 6.61 Å². The van der Waals surface area contributed by atoms with Crippen LogP contribution in [-0.2, 0) is 11.2 Å². The first-order chi connectivity index (χ1) is 8.01. The maximum absolute atomic E-state index is 11.7. The van der Waals surface area contributed by atoms with Crippen molar-refractivity contribution in [3.05, 3.63) is 17.6 Å². The van der Waals surface area contributed by atoms with Crippen molar-refractivity contribution in [1.82, 2.24) is 9.97 Å². The lowest BCUT2D eigenvalue weighted by molar-refractivity contribution is -0.119. The highest BCUT2D eigenvalue weighted by Gasteiger charge is 2.09. The third-order valence-corrected chi connectivity index (χ3v) is 2.17. The van der Waals surface area contributed by atoms with E-state index in [4.69, 9.17) is 4.74 Å². The molecule has 0 fully saturated rings. The number of ketones is 1. The minimum atomic E-state index is 0.209. The largest absolute Gasteiger partial charge is 0.478 e. The van der Waals surface area contributed by atoms with Gasteiger partial charge in [-0.3, -0.25) is 4.79 Å². The van der Waals surface area contributed by atoms with E-state index in [1.54, 1.807) is 13.0 Å². The number of carbonyl (C=O) groups is 1. The molecular formula is C13H20N2O2. The van der Waals surface area contributed by atoms with Gasteiger partial charge in [0.05, 0.1) is 12.3 Å². The van der Waals surface area contributed by atoms with Crippen molar-refractivity contribution < 1.29 is 9.53 Å². The summed E-state index contributed by atoms with van der Waals surface area (Å²) >= 11 is 0. The number of nitrogens with zero attached hydrogens (tertiary/aromatic N) is 2. The predicted octanol–water partition coefficient (Wildman–Crippen LogP) is 2.34. The Morgan fingerprint density at radius 3 is 2.71 bits per heavy atom. The molecule has 0 spiro atoms. The van der Waals surface area contributed by atoms with Gasteiger partial charge < -0.3 is 4.74 Å². The summed E-state index contributed by atoms with van der Waals surface area (Å²) in [5, 5.41) is 0. The molecule has 0 atom stereocenters. The van der Waals surface area contributed by atoms with Crippen LogP contribution < -0.4 is 4.74 Å². The van der Waals surface area contributed by atoms with Gasteiger partial charge in [0.15, 0.2) is 0 Å². The number of ether oxygens (including phenoxy) is 1. The molecule has 1 aromatic rings. The molecule has 4 nitrogen and oxygen atoms in total. The second kappa shape index (κ2) is 6.33. The predicted molar refractivity (Wildman–Crippen MR) is 66.1 cm³/mol. The van der Waals surface area contributed by atoms with Crippen LogP contribution in [0, 0.1) is 12.8 Å². The maximum Gasteiger partial charge on any atom is 0.216 e. The zero-order valence-corrected chi connectivity index (χ0v) is 11.0. The Bertz CT molecular complexity index is 389. The Hall–Kier alpha value is -1.45. The topological polar surface area (TPSA) is 52.1 Å². The van der Waals surface area contributed by atoms with Gasteiger partial charge in [-0.1, -0.05) is 13.8 Å². The fourth-order valence-corrected chi connectivity index (χ4v) is 1.64. The van der Waals surface area contributed by atoms with E-state index in [1.807, 2.05) is 20.8 Å². The van der Waals surface area contributed by atoms with E-state index in [0.29, 0.717) is 37.1 Å². The molecule has 0 aromatic carbocycles. The van der Waals surface area contributed by atoms with E-state index in [2.05, 4.69) is 9.97 Å².